The van der Waals surface area contributed by atoms with Gasteiger partial charge in [0.1, 0.15) is 6.04 Å². The van der Waals surface area contributed by atoms with Crippen molar-refractivity contribution in [3.63, 3.8) is 0 Å². The Morgan fingerprint density at radius 3 is 2.75 bits per heavy atom. The maximum Gasteiger partial charge on any atom is 0.255 e. The molecule has 3 aliphatic heterocycles. The number of nitrogens with one attached hydrogen (secondary N) is 2. The monoisotopic (exact) mass is 501 g/mol. The van der Waals surface area contributed by atoms with Gasteiger partial charge in [-0.25, -0.2) is 8.78 Å². The van der Waals surface area contributed by atoms with Crippen molar-refractivity contribution < 1.29 is 23.1 Å². The molecule has 196 valence electrons. The zero-order chi connectivity index (χ0) is 25.4. The number of allylic oxidation sites excluding steroid dienone is 1. The van der Waals surface area contributed by atoms with E-state index < -0.39 is 12.0 Å². The molecule has 0 bridgehead atoms. The molecule has 0 radical (unpaired) electrons. The Kier molecular flexibility index (Phi) is 7.18. The molecule has 3 heterocycles. The number of nitrogens with zero attached hydrogens (tertiary/aromatic N) is 1. The third-order valence-electron chi connectivity index (χ3n) is 8.62. The van der Waals surface area contributed by atoms with E-state index in [0.29, 0.717) is 49.4 Å². The fourth-order valence-corrected chi connectivity index (χ4v) is 6.45. The van der Waals surface area contributed by atoms with E-state index in [1.54, 1.807) is 4.90 Å². The molecule has 2 saturated heterocycles. The maximum absolute atomic E-state index is 14.4. The van der Waals surface area contributed by atoms with Crippen LogP contribution in [0.5, 0.6) is 0 Å². The smallest absolute Gasteiger partial charge is 0.255 e. The summed E-state index contributed by atoms with van der Waals surface area (Å²) in [6, 6.07) is 5.26. The number of ether oxygens (including phenoxy) is 1. The van der Waals surface area contributed by atoms with Crippen molar-refractivity contribution in [1.82, 2.24) is 15.5 Å². The minimum atomic E-state index is -2.64. The van der Waals surface area contributed by atoms with E-state index in [2.05, 4.69) is 24.1 Å². The van der Waals surface area contributed by atoms with Crippen LogP contribution in [0.3, 0.4) is 0 Å². The standard InChI is InChI=1S/C28H37F2N3O3/c1-17-3-6-25(26(34)31-17)33-16-22-14-19(4-5-23(22)27(33)35)13-21-7-10-28(29,30)15-24(21)32-18(2)20-8-11-36-12-9-20/h4-5,14,18,20-21,24-25,32H,1,3,6-13,15-16H2,2H3,(H,31,34)/t18?,21-,24+,25?/m1/s1. The van der Waals surface area contributed by atoms with Gasteiger partial charge in [0.2, 0.25) is 11.8 Å². The fraction of sp³-hybridized carbons (Fsp3) is 0.643. The summed E-state index contributed by atoms with van der Waals surface area (Å²) in [6.07, 6.45) is 4.11. The second kappa shape index (κ2) is 10.2. The first-order chi connectivity index (χ1) is 17.2. The number of hydrogen-bond donors (Lipinski definition) is 2. The van der Waals surface area contributed by atoms with Crippen molar-refractivity contribution >= 4 is 11.8 Å². The van der Waals surface area contributed by atoms with Crippen LogP contribution < -0.4 is 10.6 Å². The Labute approximate surface area is 211 Å². The first kappa shape index (κ1) is 25.3. The Morgan fingerprint density at radius 2 is 2.00 bits per heavy atom. The van der Waals surface area contributed by atoms with E-state index in [-0.39, 0.29) is 42.7 Å². The van der Waals surface area contributed by atoms with Crippen LogP contribution in [0.15, 0.2) is 30.5 Å². The summed E-state index contributed by atoms with van der Waals surface area (Å²) in [6.45, 7) is 7.81. The third-order valence-corrected chi connectivity index (χ3v) is 8.62. The number of halogens is 2. The number of fused-ring (bicyclic) bond motifs is 1. The SMILES string of the molecule is C=C1CCC(N2Cc3cc(C[C@H]4CCC(F)(F)C[C@@H]4NC(C)C4CCOCC4)ccc3C2=O)C(=O)N1. The average molecular weight is 502 g/mol. The quantitative estimate of drug-likeness (QED) is 0.614. The predicted octanol–water partition coefficient (Wildman–Crippen LogP) is 4.19. The Morgan fingerprint density at radius 1 is 1.22 bits per heavy atom. The highest BCUT2D eigenvalue weighted by atomic mass is 19.3. The van der Waals surface area contributed by atoms with Gasteiger partial charge < -0.3 is 20.3 Å². The minimum Gasteiger partial charge on any atom is -0.381 e. The van der Waals surface area contributed by atoms with E-state index in [9.17, 15) is 18.4 Å². The molecular weight excluding hydrogens is 464 g/mol. The van der Waals surface area contributed by atoms with Gasteiger partial charge in [-0.2, -0.15) is 0 Å². The lowest BCUT2D eigenvalue weighted by Gasteiger charge is -2.40. The molecule has 3 fully saturated rings. The number of piperidine rings is 1. The van der Waals surface area contributed by atoms with Crippen LogP contribution in [0.25, 0.3) is 0 Å². The minimum absolute atomic E-state index is 0.0826. The van der Waals surface area contributed by atoms with Crippen LogP contribution in [0.2, 0.25) is 0 Å². The molecule has 1 saturated carbocycles. The second-order valence-electron chi connectivity index (χ2n) is 11.1. The Bertz CT molecular complexity index is 1020. The topological polar surface area (TPSA) is 70.7 Å². The molecule has 5 rings (SSSR count). The summed E-state index contributed by atoms with van der Waals surface area (Å²) < 4.78 is 34.3. The van der Waals surface area contributed by atoms with E-state index in [0.717, 1.165) is 37.2 Å². The van der Waals surface area contributed by atoms with Crippen molar-refractivity contribution in [2.24, 2.45) is 11.8 Å². The first-order valence-electron chi connectivity index (χ1n) is 13.3. The summed E-state index contributed by atoms with van der Waals surface area (Å²) in [4.78, 5) is 27.2. The van der Waals surface area contributed by atoms with Gasteiger partial charge in [0, 0.05) is 55.9 Å². The zero-order valence-electron chi connectivity index (χ0n) is 21.0. The molecule has 2 unspecified atom stereocenters. The summed E-state index contributed by atoms with van der Waals surface area (Å²) in [5.74, 6) is -2.38. The maximum atomic E-state index is 14.4. The van der Waals surface area contributed by atoms with Crippen LogP contribution >= 0.6 is 0 Å². The van der Waals surface area contributed by atoms with E-state index in [1.807, 2.05) is 18.2 Å². The summed E-state index contributed by atoms with van der Waals surface area (Å²) in [5.41, 5.74) is 3.30. The number of amides is 2. The van der Waals surface area contributed by atoms with Crippen molar-refractivity contribution in [2.75, 3.05) is 13.2 Å². The molecule has 2 amide bonds. The highest BCUT2D eigenvalue weighted by Crippen LogP contribution is 2.39. The lowest BCUT2D eigenvalue weighted by molar-refractivity contribution is -0.126. The molecule has 0 aromatic heterocycles. The lowest BCUT2D eigenvalue weighted by Crippen LogP contribution is -2.51. The molecule has 1 aromatic rings. The largest absolute Gasteiger partial charge is 0.381 e. The highest BCUT2D eigenvalue weighted by Gasteiger charge is 2.43. The fourth-order valence-electron chi connectivity index (χ4n) is 6.45. The van der Waals surface area contributed by atoms with Crippen molar-refractivity contribution in [1.29, 1.82) is 0 Å². The molecule has 6 nitrogen and oxygen atoms in total. The molecule has 4 aliphatic rings. The number of carbonyl (C=O) groups is 2. The van der Waals surface area contributed by atoms with E-state index in [4.69, 9.17) is 4.74 Å². The second-order valence-corrected chi connectivity index (χ2v) is 11.1. The van der Waals surface area contributed by atoms with Crippen molar-refractivity contribution in [2.45, 2.75) is 88.9 Å². The van der Waals surface area contributed by atoms with Gasteiger partial charge in [-0.3, -0.25) is 9.59 Å². The normalized spacial score (nSPS) is 29.7. The van der Waals surface area contributed by atoms with Crippen LogP contribution in [0.1, 0.15) is 73.4 Å². The van der Waals surface area contributed by atoms with Crippen molar-refractivity contribution in [3.8, 4) is 0 Å². The summed E-state index contributed by atoms with van der Waals surface area (Å²) in [5, 5.41) is 6.35. The molecule has 8 heteroatoms. The highest BCUT2D eigenvalue weighted by molar-refractivity contribution is 6.01. The molecule has 1 aromatic carbocycles. The van der Waals surface area contributed by atoms with E-state index >= 15 is 0 Å². The van der Waals surface area contributed by atoms with Gasteiger partial charge in [-0.15, -0.1) is 0 Å². The number of hydrogen-bond acceptors (Lipinski definition) is 4. The molecule has 2 N–H and O–H groups in total. The van der Waals surface area contributed by atoms with Gasteiger partial charge in [0.05, 0.1) is 0 Å². The van der Waals surface area contributed by atoms with Crippen LogP contribution in [0, 0.1) is 11.8 Å². The van der Waals surface area contributed by atoms with Crippen LogP contribution in [-0.4, -0.2) is 54.0 Å². The third kappa shape index (κ3) is 5.35. The van der Waals surface area contributed by atoms with Gasteiger partial charge in [-0.05, 0) is 74.5 Å². The number of carbonyl (C=O) groups excluding carboxylic acids is 2. The van der Waals surface area contributed by atoms with Crippen molar-refractivity contribution in [3.05, 3.63) is 47.2 Å². The Balaban J connectivity index is 1.27. The first-order valence-corrected chi connectivity index (χ1v) is 13.3. The van der Waals surface area contributed by atoms with Gasteiger partial charge in [0.15, 0.2) is 0 Å². The number of alkyl halides is 2. The molecule has 36 heavy (non-hydrogen) atoms. The summed E-state index contributed by atoms with van der Waals surface area (Å²) in [7, 11) is 0. The molecule has 4 atom stereocenters. The average Bonchev–Trinajstić information content (AvgIpc) is 3.16. The van der Waals surface area contributed by atoms with Crippen LogP contribution in [-0.2, 0) is 22.5 Å². The summed E-state index contributed by atoms with van der Waals surface area (Å²) >= 11 is 0. The molecule has 1 aliphatic carbocycles. The van der Waals surface area contributed by atoms with Gasteiger partial charge in [0.25, 0.3) is 5.91 Å². The molecular formula is C28H37F2N3O3. The Hall–Kier alpha value is -2.32. The predicted molar refractivity (Wildman–Crippen MR) is 133 cm³/mol. The number of benzene rings is 1. The van der Waals surface area contributed by atoms with Gasteiger partial charge in [-0.1, -0.05) is 18.7 Å². The van der Waals surface area contributed by atoms with Crippen LogP contribution in [0.4, 0.5) is 8.78 Å². The lowest BCUT2D eigenvalue weighted by atomic mass is 9.77. The van der Waals surface area contributed by atoms with Gasteiger partial charge >= 0.3 is 0 Å². The zero-order valence-corrected chi connectivity index (χ0v) is 21.0. The number of rotatable bonds is 6. The molecule has 0 spiro atoms. The van der Waals surface area contributed by atoms with E-state index in [1.165, 1.54) is 0 Å².